The van der Waals surface area contributed by atoms with Gasteiger partial charge in [0, 0.05) is 12.8 Å². The molecule has 0 aromatic heterocycles. The summed E-state index contributed by atoms with van der Waals surface area (Å²) >= 11 is 0. The molecule has 9 nitrogen and oxygen atoms in total. The van der Waals surface area contributed by atoms with Crippen LogP contribution in [-0.2, 0) is 33.3 Å². The standard InChI is InChI=1S/C85H149NO8/c1-6-8-10-12-14-16-18-20-22-24-26-28-30-32-34-36-37-38-39-40-41-42-43-44-45-46-48-49-51-53-55-57-59-61-63-65-67-69-71-73-75-82(87)92-79-81(80-93-85(84(89)90)91-78-77-86(3,4)5)94-83(88)76-74-72-70-68-66-64-62-60-58-56-54-52-50-47-35-33-31-29-27-25-23-21-19-17-15-13-11-9-7-2/h9,11,15,17,21,23,27,29,33,35,50,52,56,58,62,64,68,70,81,85H,6-8,10,12-14,16,18-20,22,24-26,28,30-32,34,36-49,51,53-55,57,59-61,63,65-67,69,71-80H2,1-5H3/b11-9-,17-15-,23-21-,29-27-,35-33-,52-50-,58-56-,64-62-,70-68-. The van der Waals surface area contributed by atoms with Crippen LogP contribution in [0.2, 0.25) is 0 Å². The second kappa shape index (κ2) is 74.7. The van der Waals surface area contributed by atoms with Crippen molar-refractivity contribution in [3.8, 4) is 0 Å². The quantitative estimate of drug-likeness (QED) is 0.0195. The summed E-state index contributed by atoms with van der Waals surface area (Å²) in [5.74, 6) is -2.36. The van der Waals surface area contributed by atoms with Crippen molar-refractivity contribution in [1.29, 1.82) is 0 Å². The third kappa shape index (κ3) is 75.3. The maximum Gasteiger partial charge on any atom is 0.306 e. The number of ether oxygens (including phenoxy) is 4. The summed E-state index contributed by atoms with van der Waals surface area (Å²) in [5.41, 5.74) is 0. The van der Waals surface area contributed by atoms with E-state index in [1.165, 1.54) is 238 Å². The van der Waals surface area contributed by atoms with Crippen molar-refractivity contribution in [2.24, 2.45) is 0 Å². The Kier molecular flexibility index (Phi) is 71.5. The lowest BCUT2D eigenvalue weighted by Gasteiger charge is -2.26. The number of aliphatic carboxylic acids is 1. The molecule has 0 rings (SSSR count). The van der Waals surface area contributed by atoms with Gasteiger partial charge in [-0.25, -0.2) is 0 Å². The largest absolute Gasteiger partial charge is 0.545 e. The average molecular weight is 1310 g/mol. The van der Waals surface area contributed by atoms with Crippen LogP contribution in [0.5, 0.6) is 0 Å². The van der Waals surface area contributed by atoms with Gasteiger partial charge in [0.05, 0.1) is 40.3 Å². The highest BCUT2D eigenvalue weighted by Crippen LogP contribution is 2.19. The normalized spacial score (nSPS) is 13.2. The molecule has 0 aliphatic carbocycles. The van der Waals surface area contributed by atoms with Crippen molar-refractivity contribution in [2.75, 3.05) is 47.5 Å². The van der Waals surface area contributed by atoms with Crippen LogP contribution in [0, 0.1) is 0 Å². The molecule has 0 heterocycles. The minimum absolute atomic E-state index is 0.132. The zero-order valence-electron chi connectivity index (χ0n) is 62.1. The molecule has 0 saturated carbocycles. The molecule has 0 bridgehead atoms. The predicted molar refractivity (Wildman–Crippen MR) is 403 cm³/mol. The van der Waals surface area contributed by atoms with E-state index in [1.807, 2.05) is 21.1 Å². The molecule has 0 N–H and O–H groups in total. The molecule has 0 radical (unpaired) electrons. The Morgan fingerprint density at radius 2 is 0.606 bits per heavy atom. The molecule has 9 heteroatoms. The van der Waals surface area contributed by atoms with E-state index in [4.69, 9.17) is 18.9 Å². The van der Waals surface area contributed by atoms with Crippen LogP contribution in [0.4, 0.5) is 0 Å². The van der Waals surface area contributed by atoms with Gasteiger partial charge < -0.3 is 33.3 Å². The number of carbonyl (C=O) groups is 3. The number of quaternary nitrogens is 1. The van der Waals surface area contributed by atoms with Crippen LogP contribution in [-0.4, -0.2) is 82.3 Å². The molecule has 0 spiro atoms. The molecule has 0 aromatic rings. The first kappa shape index (κ1) is 90.0. The third-order valence-electron chi connectivity index (χ3n) is 17.3. The van der Waals surface area contributed by atoms with Gasteiger partial charge in [0.1, 0.15) is 13.2 Å². The minimum Gasteiger partial charge on any atom is -0.545 e. The van der Waals surface area contributed by atoms with Crippen LogP contribution < -0.4 is 5.11 Å². The molecule has 94 heavy (non-hydrogen) atoms. The van der Waals surface area contributed by atoms with Gasteiger partial charge in [0.15, 0.2) is 12.4 Å². The number of carboxylic acid groups (broad SMARTS) is 1. The minimum atomic E-state index is -1.64. The van der Waals surface area contributed by atoms with Crippen molar-refractivity contribution in [1.82, 2.24) is 0 Å². The van der Waals surface area contributed by atoms with Gasteiger partial charge in [0.2, 0.25) is 0 Å². The Bertz CT molecular complexity index is 1920. The van der Waals surface area contributed by atoms with Crippen LogP contribution in [0.3, 0.4) is 0 Å². The van der Waals surface area contributed by atoms with Crippen molar-refractivity contribution >= 4 is 17.9 Å². The molecule has 0 fully saturated rings. The fraction of sp³-hybridized carbons (Fsp3) is 0.753. The lowest BCUT2D eigenvalue weighted by molar-refractivity contribution is -0.870. The van der Waals surface area contributed by atoms with Gasteiger partial charge in [-0.15, -0.1) is 0 Å². The molecule has 542 valence electrons. The van der Waals surface area contributed by atoms with Gasteiger partial charge in [0.25, 0.3) is 0 Å². The summed E-state index contributed by atoms with van der Waals surface area (Å²) in [4.78, 5) is 37.5. The molecule has 0 aliphatic rings. The van der Waals surface area contributed by atoms with Crippen LogP contribution >= 0.6 is 0 Å². The Balaban J connectivity index is 4.06. The number of hydrogen-bond acceptors (Lipinski definition) is 8. The van der Waals surface area contributed by atoms with Crippen molar-refractivity contribution in [3.05, 3.63) is 109 Å². The maximum atomic E-state index is 12.9. The van der Waals surface area contributed by atoms with Crippen LogP contribution in [0.15, 0.2) is 109 Å². The zero-order chi connectivity index (χ0) is 68.2. The second-order valence-corrected chi connectivity index (χ2v) is 27.6. The van der Waals surface area contributed by atoms with E-state index in [-0.39, 0.29) is 38.6 Å². The number of nitrogens with zero attached hydrogens (tertiary/aromatic N) is 1. The summed E-state index contributed by atoms with van der Waals surface area (Å²) in [5, 5.41) is 11.8. The molecule has 2 atom stereocenters. The smallest absolute Gasteiger partial charge is 0.306 e. The van der Waals surface area contributed by atoms with E-state index < -0.39 is 24.3 Å². The number of rotatable bonds is 73. The van der Waals surface area contributed by atoms with Gasteiger partial charge in [-0.1, -0.05) is 374 Å². The highest BCUT2D eigenvalue weighted by atomic mass is 16.7. The van der Waals surface area contributed by atoms with E-state index in [2.05, 4.69) is 123 Å². The van der Waals surface area contributed by atoms with Crippen molar-refractivity contribution in [3.63, 3.8) is 0 Å². The molecule has 2 unspecified atom stereocenters. The van der Waals surface area contributed by atoms with Crippen molar-refractivity contribution < 1.29 is 42.9 Å². The van der Waals surface area contributed by atoms with E-state index in [9.17, 15) is 19.5 Å². The topological polar surface area (TPSA) is 111 Å². The fourth-order valence-corrected chi connectivity index (χ4v) is 11.3. The average Bonchev–Trinajstić information content (AvgIpc) is 3.72. The first-order chi connectivity index (χ1) is 46.1. The second-order valence-electron chi connectivity index (χ2n) is 27.6. The van der Waals surface area contributed by atoms with E-state index in [0.29, 0.717) is 23.9 Å². The maximum absolute atomic E-state index is 12.9. The lowest BCUT2D eigenvalue weighted by atomic mass is 10.0. The predicted octanol–water partition coefficient (Wildman–Crippen LogP) is 24.0. The number of hydrogen-bond donors (Lipinski definition) is 0. The molecule has 0 aromatic carbocycles. The van der Waals surface area contributed by atoms with E-state index >= 15 is 0 Å². The molecule has 0 saturated heterocycles. The number of unbranched alkanes of at least 4 members (excludes halogenated alkanes) is 40. The van der Waals surface area contributed by atoms with Gasteiger partial charge in [-0.2, -0.15) is 0 Å². The first-order valence-electron chi connectivity index (χ1n) is 39.5. The first-order valence-corrected chi connectivity index (χ1v) is 39.5. The SMILES string of the molecule is CC/C=C\C/C=C\C/C=C\C/C=C\C/C=C\C/C=C\C/C=C\C/C=C\C/C=C\CCCC(=O)OC(COC(=O)CCCCCCCCCCCCCCCCCCCCCCCCCCCCCCCCCCCCCCCCCC)COC(OCC[N+](C)(C)C)C(=O)[O-]. The Hall–Kier alpha value is -4.05. The monoisotopic (exact) mass is 1310 g/mol. The number of allylic oxidation sites excluding steroid dienone is 18. The number of likely N-dealkylation sites (N-methyl/N-ethyl adjacent to an activating group) is 1. The Morgan fingerprint density at radius 3 is 0.894 bits per heavy atom. The molecule has 0 aliphatic heterocycles. The van der Waals surface area contributed by atoms with Crippen molar-refractivity contribution in [2.45, 2.75) is 367 Å². The molecule has 0 amide bonds. The number of esters is 2. The van der Waals surface area contributed by atoms with Crippen LogP contribution in [0.1, 0.15) is 354 Å². The lowest BCUT2D eigenvalue weighted by Crippen LogP contribution is -2.44. The summed E-state index contributed by atoms with van der Waals surface area (Å²) in [6.07, 6.45) is 102. The highest BCUT2D eigenvalue weighted by Gasteiger charge is 2.22. The van der Waals surface area contributed by atoms with E-state index in [1.54, 1.807) is 0 Å². The third-order valence-corrected chi connectivity index (χ3v) is 17.3. The Morgan fingerprint density at radius 1 is 0.330 bits per heavy atom. The summed E-state index contributed by atoms with van der Waals surface area (Å²) in [6.45, 7) is 4.60. The van der Waals surface area contributed by atoms with Gasteiger partial charge in [-0.3, -0.25) is 9.59 Å². The fourth-order valence-electron chi connectivity index (χ4n) is 11.3. The van der Waals surface area contributed by atoms with E-state index in [0.717, 1.165) is 77.0 Å². The van der Waals surface area contributed by atoms with Gasteiger partial charge >= 0.3 is 11.9 Å². The molecular formula is C85H149NO8. The van der Waals surface area contributed by atoms with Crippen LogP contribution in [0.25, 0.3) is 0 Å². The number of carboxylic acids is 1. The number of carbonyl (C=O) groups excluding carboxylic acids is 3. The summed E-state index contributed by atoms with van der Waals surface area (Å²) in [7, 11) is 5.91. The zero-order valence-corrected chi connectivity index (χ0v) is 62.1. The highest BCUT2D eigenvalue weighted by molar-refractivity contribution is 5.70. The summed E-state index contributed by atoms with van der Waals surface area (Å²) in [6, 6.07) is 0. The Labute approximate surface area is 581 Å². The molecular weight excluding hydrogens is 1160 g/mol. The summed E-state index contributed by atoms with van der Waals surface area (Å²) < 4.78 is 22.8. The van der Waals surface area contributed by atoms with Gasteiger partial charge in [-0.05, 0) is 77.0 Å².